The molecule has 25 heavy (non-hydrogen) atoms. The summed E-state index contributed by atoms with van der Waals surface area (Å²) in [5.74, 6) is 0.411. The van der Waals surface area contributed by atoms with E-state index >= 15 is 0 Å². The Labute approximate surface area is 148 Å². The van der Waals surface area contributed by atoms with Gasteiger partial charge >= 0.3 is 0 Å². The molecule has 0 N–H and O–H groups in total. The van der Waals surface area contributed by atoms with Gasteiger partial charge in [0, 0.05) is 38.3 Å². The molecule has 1 aromatic rings. The van der Waals surface area contributed by atoms with Gasteiger partial charge in [0.15, 0.2) is 5.76 Å². The number of aryl methyl sites for hydroxylation is 1. The van der Waals surface area contributed by atoms with Gasteiger partial charge in [-0.2, -0.15) is 0 Å². The van der Waals surface area contributed by atoms with Crippen LogP contribution < -0.4 is 0 Å². The minimum absolute atomic E-state index is 0.0530. The lowest BCUT2D eigenvalue weighted by Gasteiger charge is -2.47. The van der Waals surface area contributed by atoms with Gasteiger partial charge in [0.25, 0.3) is 5.91 Å². The number of hydrogen-bond acceptors (Lipinski definition) is 5. The van der Waals surface area contributed by atoms with Gasteiger partial charge in [-0.3, -0.25) is 9.59 Å². The van der Waals surface area contributed by atoms with Crippen molar-refractivity contribution in [3.63, 3.8) is 0 Å². The smallest absolute Gasteiger partial charge is 0.289 e. The largest absolute Gasteiger partial charge is 0.459 e. The maximum atomic E-state index is 12.6. The van der Waals surface area contributed by atoms with Crippen LogP contribution in [0, 0.1) is 6.92 Å². The molecule has 2 aliphatic heterocycles. The Morgan fingerprint density at radius 2 is 2.04 bits per heavy atom. The molecule has 0 saturated carbocycles. The van der Waals surface area contributed by atoms with Gasteiger partial charge in [-0.15, -0.1) is 0 Å². The van der Waals surface area contributed by atoms with E-state index < -0.39 is 0 Å². The lowest BCUT2D eigenvalue weighted by molar-refractivity contribution is -0.170. The minimum Gasteiger partial charge on any atom is -0.459 e. The van der Waals surface area contributed by atoms with Crippen molar-refractivity contribution in [2.45, 2.75) is 25.4 Å². The molecule has 2 saturated heterocycles. The number of piperidine rings is 1. The van der Waals surface area contributed by atoms with Crippen LogP contribution in [0.3, 0.4) is 0 Å². The van der Waals surface area contributed by atoms with Crippen LogP contribution in [0.5, 0.6) is 0 Å². The second kappa shape index (κ2) is 7.17. The lowest BCUT2D eigenvalue weighted by atomic mass is 9.89. The second-order valence-electron chi connectivity index (χ2n) is 7.32. The van der Waals surface area contributed by atoms with Gasteiger partial charge < -0.3 is 23.9 Å². The summed E-state index contributed by atoms with van der Waals surface area (Å²) in [6.45, 7) is 5.42. The first-order chi connectivity index (χ1) is 11.9. The highest BCUT2D eigenvalue weighted by atomic mass is 16.5. The zero-order chi connectivity index (χ0) is 18.0. The fourth-order valence-electron chi connectivity index (χ4n) is 3.47. The fraction of sp³-hybridized carbons (Fsp3) is 0.667. The van der Waals surface area contributed by atoms with E-state index in [2.05, 4.69) is 4.90 Å². The van der Waals surface area contributed by atoms with E-state index in [1.165, 1.54) is 0 Å². The molecule has 3 heterocycles. The summed E-state index contributed by atoms with van der Waals surface area (Å²) in [4.78, 5) is 30.5. The topological polar surface area (TPSA) is 66.2 Å². The Hall–Kier alpha value is -1.86. The number of carbonyl (C=O) groups excluding carboxylic acids is 2. The van der Waals surface area contributed by atoms with Crippen LogP contribution in [0.4, 0.5) is 0 Å². The predicted molar refractivity (Wildman–Crippen MR) is 92.4 cm³/mol. The van der Waals surface area contributed by atoms with Crippen molar-refractivity contribution in [3.05, 3.63) is 23.7 Å². The molecule has 1 spiro atoms. The molecule has 2 amide bonds. The van der Waals surface area contributed by atoms with Crippen molar-refractivity contribution >= 4 is 11.8 Å². The minimum atomic E-state index is -0.324. The van der Waals surface area contributed by atoms with Crippen LogP contribution in [-0.4, -0.2) is 85.5 Å². The molecule has 0 radical (unpaired) electrons. The third kappa shape index (κ3) is 3.88. The Balaban J connectivity index is 1.59. The molecule has 0 aromatic carbocycles. The second-order valence-corrected chi connectivity index (χ2v) is 7.32. The van der Waals surface area contributed by atoms with E-state index in [1.807, 2.05) is 30.8 Å². The highest BCUT2D eigenvalue weighted by Gasteiger charge is 2.43. The Morgan fingerprint density at radius 1 is 1.32 bits per heavy atom. The molecule has 138 valence electrons. The van der Waals surface area contributed by atoms with Gasteiger partial charge in [-0.25, -0.2) is 0 Å². The van der Waals surface area contributed by atoms with E-state index in [-0.39, 0.29) is 24.0 Å². The quantitative estimate of drug-likeness (QED) is 0.811. The first kappa shape index (κ1) is 17.9. The monoisotopic (exact) mass is 349 g/mol. The molecule has 2 fully saturated rings. The number of likely N-dealkylation sites (N-methyl/N-ethyl adjacent to an activating group) is 1. The Kier molecular flexibility index (Phi) is 5.15. The molecule has 0 unspecified atom stereocenters. The average Bonchev–Trinajstić information content (AvgIpc) is 3.02. The van der Waals surface area contributed by atoms with E-state index in [1.54, 1.807) is 12.3 Å². The van der Waals surface area contributed by atoms with Crippen molar-refractivity contribution < 1.29 is 18.7 Å². The van der Waals surface area contributed by atoms with Crippen molar-refractivity contribution in [3.8, 4) is 0 Å². The maximum Gasteiger partial charge on any atom is 0.289 e. The molecule has 7 heteroatoms. The highest BCUT2D eigenvalue weighted by Crippen LogP contribution is 2.31. The number of likely N-dealkylation sites (tertiary alicyclic amines) is 1. The molecule has 1 aromatic heterocycles. The van der Waals surface area contributed by atoms with E-state index in [0.717, 1.165) is 24.9 Å². The van der Waals surface area contributed by atoms with Gasteiger partial charge in [0.2, 0.25) is 5.91 Å². The average molecular weight is 349 g/mol. The number of furan rings is 1. The summed E-state index contributed by atoms with van der Waals surface area (Å²) in [6, 6.07) is 1.80. The normalized spacial score (nSPS) is 20.6. The van der Waals surface area contributed by atoms with Crippen LogP contribution in [0.1, 0.15) is 29.0 Å². The van der Waals surface area contributed by atoms with Crippen LogP contribution in [0.25, 0.3) is 0 Å². The fourth-order valence-corrected chi connectivity index (χ4v) is 3.47. The number of nitrogens with zero attached hydrogens (tertiary/aromatic N) is 3. The number of carbonyl (C=O) groups is 2. The third-order valence-corrected chi connectivity index (χ3v) is 5.17. The van der Waals surface area contributed by atoms with E-state index in [0.29, 0.717) is 31.9 Å². The number of ether oxygens (including phenoxy) is 1. The summed E-state index contributed by atoms with van der Waals surface area (Å²) in [5, 5.41) is 0. The van der Waals surface area contributed by atoms with Crippen molar-refractivity contribution in [1.82, 2.24) is 14.7 Å². The Morgan fingerprint density at radius 3 is 2.64 bits per heavy atom. The van der Waals surface area contributed by atoms with Gasteiger partial charge in [0.1, 0.15) is 6.61 Å². The zero-order valence-corrected chi connectivity index (χ0v) is 15.3. The summed E-state index contributed by atoms with van der Waals surface area (Å²) in [5.41, 5.74) is 0.537. The predicted octanol–water partition coefficient (Wildman–Crippen LogP) is 0.983. The molecule has 0 aliphatic carbocycles. The van der Waals surface area contributed by atoms with Crippen molar-refractivity contribution in [1.29, 1.82) is 0 Å². The van der Waals surface area contributed by atoms with Crippen LogP contribution in [-0.2, 0) is 9.53 Å². The van der Waals surface area contributed by atoms with Gasteiger partial charge in [-0.05, 0) is 39.9 Å². The first-order valence-corrected chi connectivity index (χ1v) is 8.80. The molecular weight excluding hydrogens is 322 g/mol. The van der Waals surface area contributed by atoms with Crippen LogP contribution >= 0.6 is 0 Å². The summed E-state index contributed by atoms with van der Waals surface area (Å²) < 4.78 is 11.3. The van der Waals surface area contributed by atoms with Crippen molar-refractivity contribution in [2.24, 2.45) is 0 Å². The van der Waals surface area contributed by atoms with E-state index in [9.17, 15) is 9.59 Å². The summed E-state index contributed by atoms with van der Waals surface area (Å²) in [6.07, 6.45) is 3.03. The van der Waals surface area contributed by atoms with E-state index in [4.69, 9.17) is 9.15 Å². The SMILES string of the molecule is Cc1ccoc1C(=O)N1CCC2(CC1)CN(CCN(C)C)C(=O)CO2. The zero-order valence-electron chi connectivity index (χ0n) is 15.3. The van der Waals surface area contributed by atoms with Crippen LogP contribution in [0.2, 0.25) is 0 Å². The van der Waals surface area contributed by atoms with Crippen LogP contribution in [0.15, 0.2) is 16.7 Å². The number of morpholine rings is 1. The molecule has 0 atom stereocenters. The molecule has 2 aliphatic rings. The van der Waals surface area contributed by atoms with Gasteiger partial charge in [-0.1, -0.05) is 0 Å². The van der Waals surface area contributed by atoms with Gasteiger partial charge in [0.05, 0.1) is 11.9 Å². The number of hydrogen-bond donors (Lipinski definition) is 0. The standard InChI is InChI=1S/C18H27N3O4/c1-14-4-11-24-16(14)17(23)20-7-5-18(6-8-20)13-21(10-9-19(2)3)15(22)12-25-18/h4,11H,5-10,12-13H2,1-3H3. The summed E-state index contributed by atoms with van der Waals surface area (Å²) >= 11 is 0. The van der Waals surface area contributed by atoms with Crippen molar-refractivity contribution in [2.75, 3.05) is 53.4 Å². The number of amides is 2. The Bertz CT molecular complexity index is 632. The molecule has 3 rings (SSSR count). The maximum absolute atomic E-state index is 12.6. The highest BCUT2D eigenvalue weighted by molar-refractivity contribution is 5.92. The number of rotatable bonds is 4. The summed E-state index contributed by atoms with van der Waals surface area (Å²) in [7, 11) is 4.00. The lowest BCUT2D eigenvalue weighted by Crippen LogP contribution is -2.59. The third-order valence-electron chi connectivity index (χ3n) is 5.17. The molecule has 7 nitrogen and oxygen atoms in total. The first-order valence-electron chi connectivity index (χ1n) is 8.80. The molecular formula is C18H27N3O4. The molecule has 0 bridgehead atoms.